The van der Waals surface area contributed by atoms with Gasteiger partial charge in [0, 0.05) is 22.3 Å². The average Bonchev–Trinajstić information content (AvgIpc) is 2.97. The molecule has 1 unspecified atom stereocenters. The lowest BCUT2D eigenvalue weighted by Crippen LogP contribution is -2.26. The Balaban J connectivity index is 1.81. The van der Waals surface area contributed by atoms with Crippen LogP contribution in [0, 0.1) is 0 Å². The van der Waals surface area contributed by atoms with E-state index >= 15 is 0 Å². The number of benzene rings is 1. The van der Waals surface area contributed by atoms with Crippen molar-refractivity contribution in [2.24, 2.45) is 0 Å². The van der Waals surface area contributed by atoms with Crippen LogP contribution in [-0.4, -0.2) is 37.4 Å². The molecule has 0 amide bonds. The number of rotatable bonds is 3. The van der Waals surface area contributed by atoms with Crippen molar-refractivity contribution >= 4 is 11.8 Å². The fourth-order valence-corrected chi connectivity index (χ4v) is 4.58. The molecule has 2 atom stereocenters. The summed E-state index contributed by atoms with van der Waals surface area (Å²) >= 11 is 1.99. The number of methoxy groups -OCH3 is 1. The van der Waals surface area contributed by atoms with Crippen molar-refractivity contribution in [2.45, 2.75) is 36.1 Å². The van der Waals surface area contributed by atoms with Gasteiger partial charge in [-0.05, 0) is 50.9 Å². The van der Waals surface area contributed by atoms with Crippen molar-refractivity contribution in [3.8, 4) is 5.75 Å². The van der Waals surface area contributed by atoms with Gasteiger partial charge in [-0.3, -0.25) is 0 Å². The predicted octanol–water partition coefficient (Wildman–Crippen LogP) is 3.37. The van der Waals surface area contributed by atoms with E-state index < -0.39 is 0 Å². The number of hydrogen-bond acceptors (Lipinski definition) is 3. The van der Waals surface area contributed by atoms with Crippen molar-refractivity contribution in [1.29, 1.82) is 0 Å². The van der Waals surface area contributed by atoms with E-state index in [2.05, 4.69) is 30.1 Å². The van der Waals surface area contributed by atoms with Gasteiger partial charge in [-0.25, -0.2) is 0 Å². The van der Waals surface area contributed by atoms with Crippen molar-refractivity contribution in [3.05, 3.63) is 23.8 Å². The lowest BCUT2D eigenvalue weighted by atomic mass is 9.92. The third-order valence-electron chi connectivity index (χ3n) is 4.32. The number of nitrogens with zero attached hydrogens (tertiary/aromatic N) is 1. The van der Waals surface area contributed by atoms with Gasteiger partial charge in [-0.2, -0.15) is 0 Å². The topological polar surface area (TPSA) is 12.5 Å². The molecule has 3 heteroatoms. The van der Waals surface area contributed by atoms with Gasteiger partial charge in [0.25, 0.3) is 0 Å². The van der Waals surface area contributed by atoms with E-state index in [1.807, 2.05) is 11.8 Å². The van der Waals surface area contributed by atoms with Gasteiger partial charge in [0.05, 0.1) is 7.11 Å². The standard InChI is InChI=1S/C15H21NOS/c1-16-8-4-5-12(16)9-11-10-18-14-7-3-6-13(17-2)15(11)14/h3,6-7,11-12H,4-5,8-10H2,1-2H3/t11?,12-/m1/s1. The van der Waals surface area contributed by atoms with Gasteiger partial charge in [0.1, 0.15) is 5.75 Å². The molecule has 98 valence electrons. The third kappa shape index (κ3) is 2.14. The first-order valence-corrected chi connectivity index (χ1v) is 7.78. The normalized spacial score (nSPS) is 27.4. The van der Waals surface area contributed by atoms with Gasteiger partial charge in [-0.1, -0.05) is 6.07 Å². The van der Waals surface area contributed by atoms with Crippen LogP contribution in [0.4, 0.5) is 0 Å². The Morgan fingerprint density at radius 3 is 3.06 bits per heavy atom. The summed E-state index contributed by atoms with van der Waals surface area (Å²) in [6.45, 7) is 1.27. The lowest BCUT2D eigenvalue weighted by molar-refractivity contribution is 0.284. The second kappa shape index (κ2) is 5.14. The molecule has 2 aliphatic rings. The molecule has 18 heavy (non-hydrogen) atoms. The zero-order chi connectivity index (χ0) is 12.5. The van der Waals surface area contributed by atoms with Gasteiger partial charge >= 0.3 is 0 Å². The van der Waals surface area contributed by atoms with Crippen LogP contribution in [0.25, 0.3) is 0 Å². The SMILES string of the molecule is COc1cccc2c1C(C[C@H]1CCCN1C)CS2. The summed E-state index contributed by atoms with van der Waals surface area (Å²) in [5.41, 5.74) is 1.46. The van der Waals surface area contributed by atoms with Crippen LogP contribution in [-0.2, 0) is 0 Å². The van der Waals surface area contributed by atoms with E-state index in [-0.39, 0.29) is 0 Å². The molecule has 0 radical (unpaired) electrons. The van der Waals surface area contributed by atoms with Crippen LogP contribution >= 0.6 is 11.8 Å². The molecule has 1 fully saturated rings. The van der Waals surface area contributed by atoms with Gasteiger partial charge in [0.15, 0.2) is 0 Å². The first kappa shape index (κ1) is 12.4. The average molecular weight is 263 g/mol. The smallest absolute Gasteiger partial charge is 0.123 e. The van der Waals surface area contributed by atoms with Crippen molar-refractivity contribution in [2.75, 3.05) is 26.5 Å². The Morgan fingerprint density at radius 1 is 1.44 bits per heavy atom. The largest absolute Gasteiger partial charge is 0.496 e. The summed E-state index contributed by atoms with van der Waals surface area (Å²) < 4.78 is 5.55. The van der Waals surface area contributed by atoms with E-state index in [4.69, 9.17) is 4.74 Å². The van der Waals surface area contributed by atoms with E-state index in [9.17, 15) is 0 Å². The number of thioether (sulfide) groups is 1. The molecule has 0 saturated carbocycles. The zero-order valence-corrected chi connectivity index (χ0v) is 12.0. The quantitative estimate of drug-likeness (QED) is 0.829. The predicted molar refractivity (Wildman–Crippen MR) is 76.7 cm³/mol. The summed E-state index contributed by atoms with van der Waals surface area (Å²) in [5, 5.41) is 0. The van der Waals surface area contributed by atoms with E-state index in [1.54, 1.807) is 7.11 Å². The summed E-state index contributed by atoms with van der Waals surface area (Å²) in [6.07, 6.45) is 4.01. The highest BCUT2D eigenvalue weighted by Crippen LogP contribution is 2.47. The first-order valence-electron chi connectivity index (χ1n) is 6.79. The highest BCUT2D eigenvalue weighted by Gasteiger charge is 2.31. The zero-order valence-electron chi connectivity index (χ0n) is 11.2. The van der Waals surface area contributed by atoms with Crippen molar-refractivity contribution in [1.82, 2.24) is 4.90 Å². The van der Waals surface area contributed by atoms with E-state index in [0.29, 0.717) is 5.92 Å². The molecule has 0 N–H and O–H groups in total. The maximum Gasteiger partial charge on any atom is 0.123 e. The highest BCUT2D eigenvalue weighted by molar-refractivity contribution is 7.99. The molecule has 1 aromatic rings. The minimum atomic E-state index is 0.673. The summed E-state index contributed by atoms with van der Waals surface area (Å²) in [5.74, 6) is 2.98. The Kier molecular flexibility index (Phi) is 3.53. The molecular weight excluding hydrogens is 242 g/mol. The minimum absolute atomic E-state index is 0.673. The second-order valence-electron chi connectivity index (χ2n) is 5.39. The Bertz CT molecular complexity index is 435. The van der Waals surface area contributed by atoms with Crippen LogP contribution in [0.2, 0.25) is 0 Å². The fraction of sp³-hybridized carbons (Fsp3) is 0.600. The molecule has 2 heterocycles. The van der Waals surface area contributed by atoms with Crippen LogP contribution in [0.3, 0.4) is 0 Å². The van der Waals surface area contributed by atoms with Gasteiger partial charge < -0.3 is 9.64 Å². The van der Waals surface area contributed by atoms with E-state index in [1.165, 1.54) is 42.0 Å². The van der Waals surface area contributed by atoms with Gasteiger partial charge in [0.2, 0.25) is 0 Å². The molecule has 0 spiro atoms. The molecule has 1 saturated heterocycles. The second-order valence-corrected chi connectivity index (χ2v) is 6.45. The Morgan fingerprint density at radius 2 is 2.33 bits per heavy atom. The molecule has 2 nitrogen and oxygen atoms in total. The highest BCUT2D eigenvalue weighted by atomic mass is 32.2. The van der Waals surface area contributed by atoms with Crippen LogP contribution in [0.5, 0.6) is 5.75 Å². The summed E-state index contributed by atoms with van der Waals surface area (Å²) in [7, 11) is 4.06. The molecule has 1 aromatic carbocycles. The minimum Gasteiger partial charge on any atom is -0.496 e. The summed E-state index contributed by atoms with van der Waals surface area (Å²) in [4.78, 5) is 3.96. The Labute approximate surface area is 114 Å². The van der Waals surface area contributed by atoms with Gasteiger partial charge in [-0.15, -0.1) is 11.8 Å². The molecule has 2 aliphatic heterocycles. The molecule has 0 aliphatic carbocycles. The Hall–Kier alpha value is -0.670. The van der Waals surface area contributed by atoms with E-state index in [0.717, 1.165) is 11.8 Å². The molecule has 3 rings (SSSR count). The first-order chi connectivity index (χ1) is 8.79. The maximum absolute atomic E-state index is 5.55. The molecule has 0 bridgehead atoms. The van der Waals surface area contributed by atoms with Crippen LogP contribution in [0.1, 0.15) is 30.7 Å². The third-order valence-corrected chi connectivity index (χ3v) is 5.56. The molecule has 0 aromatic heterocycles. The van der Waals surface area contributed by atoms with Crippen molar-refractivity contribution in [3.63, 3.8) is 0 Å². The maximum atomic E-state index is 5.55. The number of ether oxygens (including phenoxy) is 1. The van der Waals surface area contributed by atoms with Crippen LogP contribution in [0.15, 0.2) is 23.1 Å². The fourth-order valence-electron chi connectivity index (χ4n) is 3.30. The lowest BCUT2D eigenvalue weighted by Gasteiger charge is -2.23. The monoisotopic (exact) mass is 263 g/mol. The number of hydrogen-bond donors (Lipinski definition) is 0. The number of likely N-dealkylation sites (tertiary alicyclic amines) is 1. The van der Waals surface area contributed by atoms with Crippen molar-refractivity contribution < 1.29 is 4.74 Å². The molecular formula is C15H21NOS. The van der Waals surface area contributed by atoms with Crippen LogP contribution < -0.4 is 4.74 Å². The summed E-state index contributed by atoms with van der Waals surface area (Å²) in [6, 6.07) is 7.22. The number of fused-ring (bicyclic) bond motifs is 1.